The van der Waals surface area contributed by atoms with Crippen molar-refractivity contribution in [3.63, 3.8) is 0 Å². The Kier molecular flexibility index (Phi) is 10.0. The summed E-state index contributed by atoms with van der Waals surface area (Å²) in [5, 5.41) is 22.8. The van der Waals surface area contributed by atoms with Gasteiger partial charge in [-0.1, -0.05) is 20.3 Å². The Morgan fingerprint density at radius 1 is 1.09 bits per heavy atom. The molecule has 0 radical (unpaired) electrons. The van der Waals surface area contributed by atoms with Crippen LogP contribution in [0, 0.1) is 5.92 Å². The number of aliphatic carboxylic acids is 2. The van der Waals surface area contributed by atoms with Crippen LogP contribution in [0.4, 0.5) is 0 Å². The van der Waals surface area contributed by atoms with E-state index in [9.17, 15) is 33.9 Å². The Morgan fingerprint density at radius 3 is 2.22 bits per heavy atom. The Morgan fingerprint density at radius 2 is 1.72 bits per heavy atom. The van der Waals surface area contributed by atoms with Crippen molar-refractivity contribution < 1.29 is 39.0 Å². The van der Waals surface area contributed by atoms with E-state index in [0.29, 0.717) is 19.3 Å². The van der Waals surface area contributed by atoms with Gasteiger partial charge in [-0.05, 0) is 18.8 Å². The highest BCUT2D eigenvalue weighted by Gasteiger charge is 2.39. The summed E-state index contributed by atoms with van der Waals surface area (Å²) in [6.07, 6.45) is 0.0461. The first kappa shape index (κ1) is 26.8. The van der Waals surface area contributed by atoms with Gasteiger partial charge in [-0.15, -0.1) is 0 Å². The summed E-state index contributed by atoms with van der Waals surface area (Å²) in [6.45, 7) is 3.66. The molecule has 1 saturated heterocycles. The molecule has 0 saturated carbocycles. The lowest BCUT2D eigenvalue weighted by Gasteiger charge is -2.30. The number of carbonyl (C=O) groups is 6. The van der Waals surface area contributed by atoms with E-state index in [4.69, 9.17) is 16.6 Å². The lowest BCUT2D eigenvalue weighted by molar-refractivity contribution is -0.145. The van der Waals surface area contributed by atoms with Gasteiger partial charge in [0, 0.05) is 6.54 Å². The fraction of sp³-hybridized carbons (Fsp3) is 0.684. The van der Waals surface area contributed by atoms with Crippen molar-refractivity contribution in [2.24, 2.45) is 17.4 Å². The largest absolute Gasteiger partial charge is 0.481 e. The summed E-state index contributed by atoms with van der Waals surface area (Å²) in [7, 11) is 0. The normalized spacial score (nSPS) is 19.3. The summed E-state index contributed by atoms with van der Waals surface area (Å²) < 4.78 is 0. The average Bonchev–Trinajstić information content (AvgIpc) is 3.18. The summed E-state index contributed by atoms with van der Waals surface area (Å²) in [5.41, 5.74) is 10.7. The van der Waals surface area contributed by atoms with Crippen LogP contribution in [0.5, 0.6) is 0 Å². The van der Waals surface area contributed by atoms with E-state index in [1.807, 2.05) is 0 Å². The molecular weight excluding hydrogens is 426 g/mol. The van der Waals surface area contributed by atoms with Crippen LogP contribution in [-0.4, -0.2) is 81.4 Å². The molecule has 1 aliphatic rings. The lowest BCUT2D eigenvalue weighted by atomic mass is 9.97. The number of amides is 4. The van der Waals surface area contributed by atoms with Crippen LogP contribution in [0.3, 0.4) is 0 Å². The van der Waals surface area contributed by atoms with E-state index in [1.165, 1.54) is 4.90 Å². The number of primary amides is 1. The van der Waals surface area contributed by atoms with E-state index in [1.54, 1.807) is 13.8 Å². The highest BCUT2D eigenvalue weighted by Crippen LogP contribution is 2.20. The molecule has 0 spiro atoms. The molecule has 1 heterocycles. The average molecular weight is 457 g/mol. The van der Waals surface area contributed by atoms with E-state index < -0.39 is 78.5 Å². The summed E-state index contributed by atoms with van der Waals surface area (Å²) in [4.78, 5) is 72.6. The zero-order valence-electron chi connectivity index (χ0n) is 18.1. The molecular formula is C19H31N5O8. The highest BCUT2D eigenvalue weighted by atomic mass is 16.4. The van der Waals surface area contributed by atoms with Crippen molar-refractivity contribution in [1.29, 1.82) is 0 Å². The molecule has 13 nitrogen and oxygen atoms in total. The Hall–Kier alpha value is -3.22. The van der Waals surface area contributed by atoms with Gasteiger partial charge in [0.05, 0.1) is 18.9 Å². The maximum Gasteiger partial charge on any atom is 0.326 e. The molecule has 5 atom stereocenters. The van der Waals surface area contributed by atoms with Crippen LogP contribution in [0.25, 0.3) is 0 Å². The quantitative estimate of drug-likeness (QED) is 0.186. The first-order chi connectivity index (χ1) is 14.9. The number of hydrogen-bond acceptors (Lipinski definition) is 7. The van der Waals surface area contributed by atoms with Gasteiger partial charge in [-0.3, -0.25) is 24.0 Å². The molecule has 1 aliphatic heterocycles. The number of hydrogen-bond donors (Lipinski definition) is 6. The summed E-state index contributed by atoms with van der Waals surface area (Å²) in [6, 6.07) is -4.93. The monoisotopic (exact) mass is 457 g/mol. The molecule has 1 rings (SSSR count). The van der Waals surface area contributed by atoms with Crippen molar-refractivity contribution >= 4 is 35.6 Å². The molecule has 1 fully saturated rings. The molecule has 32 heavy (non-hydrogen) atoms. The maximum atomic E-state index is 12.9. The molecule has 0 aromatic heterocycles. The van der Waals surface area contributed by atoms with Crippen molar-refractivity contribution in [3.05, 3.63) is 0 Å². The molecule has 0 aromatic rings. The topological polar surface area (TPSA) is 222 Å². The molecule has 13 heteroatoms. The predicted molar refractivity (Wildman–Crippen MR) is 110 cm³/mol. The zero-order valence-corrected chi connectivity index (χ0v) is 18.1. The lowest BCUT2D eigenvalue weighted by Crippen LogP contribution is -2.58. The maximum absolute atomic E-state index is 12.9. The number of carboxylic acids is 2. The third-order valence-corrected chi connectivity index (χ3v) is 5.36. The van der Waals surface area contributed by atoms with Gasteiger partial charge < -0.3 is 37.2 Å². The fourth-order valence-electron chi connectivity index (χ4n) is 3.41. The van der Waals surface area contributed by atoms with Crippen molar-refractivity contribution in [2.75, 3.05) is 6.54 Å². The van der Waals surface area contributed by atoms with Crippen molar-refractivity contribution in [1.82, 2.24) is 15.5 Å². The molecule has 8 N–H and O–H groups in total. The van der Waals surface area contributed by atoms with Crippen LogP contribution in [0.2, 0.25) is 0 Å². The standard InChI is InChI=1S/C19H31N5O8/c1-3-9(2)15(17(29)22-11(19(31)32)8-13(21)25)23-16(28)12-5-4-6-24(12)18(30)10(20)7-14(26)27/h9-12,15H,3-8,20H2,1-2H3,(H2,21,25)(H,22,29)(H,23,28)(H,26,27)(H,31,32). The van der Waals surface area contributed by atoms with E-state index in [-0.39, 0.29) is 6.54 Å². The number of nitrogens with zero attached hydrogens (tertiary/aromatic N) is 1. The van der Waals surface area contributed by atoms with Gasteiger partial charge in [0.25, 0.3) is 0 Å². The Bertz CT molecular complexity index is 758. The van der Waals surface area contributed by atoms with Gasteiger partial charge in [0.15, 0.2) is 0 Å². The van der Waals surface area contributed by atoms with Crippen molar-refractivity contribution in [3.8, 4) is 0 Å². The Balaban J connectivity index is 2.96. The van der Waals surface area contributed by atoms with Crippen LogP contribution < -0.4 is 22.1 Å². The molecule has 4 amide bonds. The highest BCUT2D eigenvalue weighted by molar-refractivity contribution is 5.95. The minimum absolute atomic E-state index is 0.212. The number of carbonyl (C=O) groups excluding carboxylic acids is 4. The first-order valence-electron chi connectivity index (χ1n) is 10.3. The molecule has 0 aromatic carbocycles. The second-order valence-corrected chi connectivity index (χ2v) is 7.84. The van der Waals surface area contributed by atoms with Crippen LogP contribution >= 0.6 is 0 Å². The molecule has 5 unspecified atom stereocenters. The van der Waals surface area contributed by atoms with E-state index in [0.717, 1.165) is 0 Å². The van der Waals surface area contributed by atoms with Gasteiger partial charge in [-0.2, -0.15) is 0 Å². The summed E-state index contributed by atoms with van der Waals surface area (Å²) in [5.74, 6) is -6.14. The van der Waals surface area contributed by atoms with Crippen LogP contribution in [0.15, 0.2) is 0 Å². The number of nitrogens with two attached hydrogens (primary N) is 2. The van der Waals surface area contributed by atoms with Crippen LogP contribution in [0.1, 0.15) is 46.0 Å². The minimum atomic E-state index is -1.55. The number of nitrogens with one attached hydrogen (secondary N) is 2. The van der Waals surface area contributed by atoms with Crippen molar-refractivity contribution in [2.45, 2.75) is 70.1 Å². The third kappa shape index (κ3) is 7.48. The number of carboxylic acid groups (broad SMARTS) is 2. The van der Waals surface area contributed by atoms with Gasteiger partial charge in [0.1, 0.15) is 18.1 Å². The van der Waals surface area contributed by atoms with Crippen LogP contribution in [-0.2, 0) is 28.8 Å². The second-order valence-electron chi connectivity index (χ2n) is 7.84. The summed E-state index contributed by atoms with van der Waals surface area (Å²) >= 11 is 0. The van der Waals surface area contributed by atoms with E-state index in [2.05, 4.69) is 10.6 Å². The van der Waals surface area contributed by atoms with Gasteiger partial charge in [-0.25, -0.2) is 4.79 Å². The molecule has 180 valence electrons. The smallest absolute Gasteiger partial charge is 0.326 e. The van der Waals surface area contributed by atoms with Gasteiger partial charge >= 0.3 is 11.9 Å². The number of likely N-dealkylation sites (tertiary alicyclic amines) is 1. The zero-order chi connectivity index (χ0) is 24.6. The second kappa shape index (κ2) is 12.0. The van der Waals surface area contributed by atoms with Gasteiger partial charge in [0.2, 0.25) is 23.6 Å². The minimum Gasteiger partial charge on any atom is -0.481 e. The fourth-order valence-corrected chi connectivity index (χ4v) is 3.41. The Labute approximate surface area is 184 Å². The van der Waals surface area contributed by atoms with E-state index >= 15 is 0 Å². The molecule has 0 aliphatic carbocycles. The first-order valence-corrected chi connectivity index (χ1v) is 10.3. The number of rotatable bonds is 12. The molecule has 0 bridgehead atoms. The third-order valence-electron chi connectivity index (χ3n) is 5.36. The predicted octanol–water partition coefficient (Wildman–Crippen LogP) is -2.24. The SMILES string of the molecule is CCC(C)C(NC(=O)C1CCCN1C(=O)C(N)CC(=O)O)C(=O)NC(CC(N)=O)C(=O)O.